The second-order valence-corrected chi connectivity index (χ2v) is 6.87. The summed E-state index contributed by atoms with van der Waals surface area (Å²) in [5.74, 6) is 0.293. The largest absolute Gasteiger partial charge is 0.497 e. The maximum Gasteiger partial charge on any atom is 0.255 e. The van der Waals surface area contributed by atoms with Crippen molar-refractivity contribution in [3.63, 3.8) is 0 Å². The maximum atomic E-state index is 13.1. The number of nitrogens with two attached hydrogens (primary N) is 1. The monoisotopic (exact) mass is 412 g/mol. The molecule has 0 aromatic heterocycles. The fourth-order valence-electron chi connectivity index (χ4n) is 3.46. The number of hydrogen-bond acceptors (Lipinski definition) is 6. The lowest BCUT2D eigenvalue weighted by Crippen LogP contribution is -2.40. The molecule has 1 fully saturated rings. The topological polar surface area (TPSA) is 108 Å². The van der Waals surface area contributed by atoms with Crippen LogP contribution in [0.15, 0.2) is 42.5 Å². The standard InChI is InChI=1S/C22H24N2O6/c1-28-16-8-5-14(6-9-16)21(26)17-4-3-11-24(17)22(27)15-7-10-18(19(12-15)29-2)30-13-20(23)25/h5-10,12,17H,3-4,11,13H2,1-2H3,(H2,23,25)/t17-/m0/s1. The number of benzene rings is 2. The Morgan fingerprint density at radius 1 is 1.00 bits per heavy atom. The number of Topliss-reactive ketones (excluding diaryl/α,β-unsaturated/α-hetero) is 1. The van der Waals surface area contributed by atoms with E-state index in [4.69, 9.17) is 19.9 Å². The maximum absolute atomic E-state index is 13.1. The first kappa shape index (κ1) is 21.2. The molecule has 8 nitrogen and oxygen atoms in total. The van der Waals surface area contributed by atoms with E-state index in [-0.39, 0.29) is 18.3 Å². The highest BCUT2D eigenvalue weighted by Gasteiger charge is 2.35. The normalized spacial score (nSPS) is 15.5. The molecule has 1 atom stereocenters. The van der Waals surface area contributed by atoms with E-state index in [1.807, 2.05) is 0 Å². The van der Waals surface area contributed by atoms with Gasteiger partial charge < -0.3 is 24.8 Å². The van der Waals surface area contributed by atoms with Gasteiger partial charge in [-0.2, -0.15) is 0 Å². The number of ketones is 1. The Morgan fingerprint density at radius 3 is 2.33 bits per heavy atom. The van der Waals surface area contributed by atoms with Crippen molar-refractivity contribution in [2.45, 2.75) is 18.9 Å². The summed E-state index contributed by atoms with van der Waals surface area (Å²) in [6, 6.07) is 11.0. The Labute approximate surface area is 174 Å². The van der Waals surface area contributed by atoms with E-state index in [0.717, 1.165) is 6.42 Å². The molecule has 3 rings (SSSR count). The zero-order valence-corrected chi connectivity index (χ0v) is 16.9. The summed E-state index contributed by atoms with van der Waals surface area (Å²) in [6.45, 7) is 0.196. The van der Waals surface area contributed by atoms with Crippen molar-refractivity contribution in [3.05, 3.63) is 53.6 Å². The highest BCUT2D eigenvalue weighted by molar-refractivity contribution is 6.04. The van der Waals surface area contributed by atoms with Crippen molar-refractivity contribution >= 4 is 17.6 Å². The summed E-state index contributed by atoms with van der Waals surface area (Å²) >= 11 is 0. The van der Waals surface area contributed by atoms with Gasteiger partial charge in [0.15, 0.2) is 23.9 Å². The van der Waals surface area contributed by atoms with Crippen LogP contribution in [0.4, 0.5) is 0 Å². The molecule has 158 valence electrons. The van der Waals surface area contributed by atoms with Gasteiger partial charge >= 0.3 is 0 Å². The average Bonchev–Trinajstić information content (AvgIpc) is 3.26. The van der Waals surface area contributed by atoms with Crippen molar-refractivity contribution in [2.24, 2.45) is 5.73 Å². The molecule has 2 aromatic rings. The molecular formula is C22H24N2O6. The predicted molar refractivity (Wildman–Crippen MR) is 109 cm³/mol. The van der Waals surface area contributed by atoms with E-state index in [9.17, 15) is 14.4 Å². The Balaban J connectivity index is 1.79. The van der Waals surface area contributed by atoms with Gasteiger partial charge in [0.2, 0.25) is 0 Å². The van der Waals surface area contributed by atoms with E-state index in [1.54, 1.807) is 48.4 Å². The zero-order chi connectivity index (χ0) is 21.7. The van der Waals surface area contributed by atoms with Crippen molar-refractivity contribution < 1.29 is 28.6 Å². The molecule has 1 aliphatic heterocycles. The molecule has 0 unspecified atom stereocenters. The second-order valence-electron chi connectivity index (χ2n) is 6.87. The van der Waals surface area contributed by atoms with Gasteiger partial charge in [0.1, 0.15) is 5.75 Å². The molecule has 0 bridgehead atoms. The van der Waals surface area contributed by atoms with Crippen LogP contribution in [0.2, 0.25) is 0 Å². The van der Waals surface area contributed by atoms with Gasteiger partial charge in [-0.3, -0.25) is 14.4 Å². The molecule has 30 heavy (non-hydrogen) atoms. The molecule has 0 saturated carbocycles. The minimum Gasteiger partial charge on any atom is -0.497 e. The number of rotatable bonds is 8. The fourth-order valence-corrected chi connectivity index (χ4v) is 3.46. The van der Waals surface area contributed by atoms with Gasteiger partial charge in [0, 0.05) is 17.7 Å². The van der Waals surface area contributed by atoms with Crippen LogP contribution in [-0.4, -0.2) is 55.9 Å². The van der Waals surface area contributed by atoms with Crippen molar-refractivity contribution in [2.75, 3.05) is 27.4 Å². The van der Waals surface area contributed by atoms with E-state index < -0.39 is 11.9 Å². The first-order chi connectivity index (χ1) is 14.4. The summed E-state index contributed by atoms with van der Waals surface area (Å²) in [4.78, 5) is 38.6. The van der Waals surface area contributed by atoms with E-state index >= 15 is 0 Å². The van der Waals surface area contributed by atoms with Gasteiger partial charge in [0.05, 0.1) is 20.3 Å². The number of amides is 2. The summed E-state index contributed by atoms with van der Waals surface area (Å²) in [7, 11) is 3.00. The first-order valence-corrected chi connectivity index (χ1v) is 9.53. The Hall–Kier alpha value is -3.55. The predicted octanol–water partition coefficient (Wildman–Crippen LogP) is 2.06. The van der Waals surface area contributed by atoms with Gasteiger partial charge in [-0.05, 0) is 55.3 Å². The third-order valence-electron chi connectivity index (χ3n) is 4.97. The van der Waals surface area contributed by atoms with Crippen LogP contribution in [0.5, 0.6) is 17.2 Å². The number of carbonyl (C=O) groups is 3. The molecule has 1 saturated heterocycles. The van der Waals surface area contributed by atoms with Crippen molar-refractivity contribution in [3.8, 4) is 17.2 Å². The van der Waals surface area contributed by atoms with Crippen LogP contribution in [0.3, 0.4) is 0 Å². The Kier molecular flexibility index (Phi) is 6.56. The number of primary amides is 1. The van der Waals surface area contributed by atoms with E-state index in [0.29, 0.717) is 41.3 Å². The summed E-state index contributed by atoms with van der Waals surface area (Å²) in [5.41, 5.74) is 6.00. The van der Waals surface area contributed by atoms with Crippen LogP contribution in [0.1, 0.15) is 33.6 Å². The van der Waals surface area contributed by atoms with Gasteiger partial charge in [-0.25, -0.2) is 0 Å². The van der Waals surface area contributed by atoms with Crippen molar-refractivity contribution in [1.82, 2.24) is 4.90 Å². The number of carbonyl (C=O) groups excluding carboxylic acids is 3. The van der Waals surface area contributed by atoms with Gasteiger partial charge in [-0.1, -0.05) is 0 Å². The molecule has 0 radical (unpaired) electrons. The molecular weight excluding hydrogens is 388 g/mol. The Morgan fingerprint density at radius 2 is 1.70 bits per heavy atom. The number of hydrogen-bond donors (Lipinski definition) is 1. The van der Waals surface area contributed by atoms with E-state index in [2.05, 4.69) is 0 Å². The number of ether oxygens (including phenoxy) is 3. The highest BCUT2D eigenvalue weighted by atomic mass is 16.5. The lowest BCUT2D eigenvalue weighted by molar-refractivity contribution is -0.119. The number of likely N-dealkylation sites (tertiary alicyclic amines) is 1. The lowest BCUT2D eigenvalue weighted by Gasteiger charge is -2.24. The average molecular weight is 412 g/mol. The summed E-state index contributed by atoms with van der Waals surface area (Å²) in [6.07, 6.45) is 1.35. The molecule has 0 spiro atoms. The lowest BCUT2D eigenvalue weighted by atomic mass is 10.0. The van der Waals surface area contributed by atoms with Crippen LogP contribution in [0.25, 0.3) is 0 Å². The molecule has 1 aliphatic rings. The number of methoxy groups -OCH3 is 2. The molecule has 0 aliphatic carbocycles. The molecule has 2 amide bonds. The fraction of sp³-hybridized carbons (Fsp3) is 0.318. The van der Waals surface area contributed by atoms with Gasteiger partial charge in [-0.15, -0.1) is 0 Å². The zero-order valence-electron chi connectivity index (χ0n) is 16.9. The van der Waals surface area contributed by atoms with Crippen molar-refractivity contribution in [1.29, 1.82) is 0 Å². The quantitative estimate of drug-likeness (QED) is 0.665. The third-order valence-corrected chi connectivity index (χ3v) is 4.97. The molecule has 2 N–H and O–H groups in total. The Bertz CT molecular complexity index is 941. The minimum atomic E-state index is -0.617. The molecule has 8 heteroatoms. The smallest absolute Gasteiger partial charge is 0.255 e. The highest BCUT2D eigenvalue weighted by Crippen LogP contribution is 2.30. The first-order valence-electron chi connectivity index (χ1n) is 9.53. The van der Waals surface area contributed by atoms with Gasteiger partial charge in [0.25, 0.3) is 11.8 Å². The molecule has 1 heterocycles. The second kappa shape index (κ2) is 9.30. The number of nitrogens with zero attached hydrogens (tertiary/aromatic N) is 1. The SMILES string of the molecule is COc1ccc(C(=O)[C@@H]2CCCN2C(=O)c2ccc(OCC(N)=O)c(OC)c2)cc1. The van der Waals surface area contributed by atoms with E-state index in [1.165, 1.54) is 13.2 Å². The summed E-state index contributed by atoms with van der Waals surface area (Å²) < 4.78 is 15.7. The van der Waals surface area contributed by atoms with Crippen LogP contribution in [-0.2, 0) is 4.79 Å². The van der Waals surface area contributed by atoms with Crippen LogP contribution >= 0.6 is 0 Å². The van der Waals surface area contributed by atoms with Crippen LogP contribution < -0.4 is 19.9 Å². The third kappa shape index (κ3) is 4.53. The minimum absolute atomic E-state index is 0.100. The van der Waals surface area contributed by atoms with Crippen LogP contribution in [0, 0.1) is 0 Å². The summed E-state index contributed by atoms with van der Waals surface area (Å²) in [5, 5.41) is 0. The molecule has 2 aromatic carbocycles.